The van der Waals surface area contributed by atoms with Gasteiger partial charge in [-0.3, -0.25) is 10.1 Å². The maximum atomic E-state index is 11.0. The molecule has 0 N–H and O–H groups in total. The Labute approximate surface area is 132 Å². The number of hydrogen-bond acceptors (Lipinski definition) is 3. The zero-order valence-corrected chi connectivity index (χ0v) is 12.5. The van der Waals surface area contributed by atoms with Gasteiger partial charge in [0.15, 0.2) is 0 Å². The van der Waals surface area contributed by atoms with Gasteiger partial charge in [-0.25, -0.2) is 0 Å². The Balaban J connectivity index is 2.01. The fourth-order valence-corrected chi connectivity index (χ4v) is 3.19. The molecule has 22 heavy (non-hydrogen) atoms. The predicted octanol–water partition coefficient (Wildman–Crippen LogP) is 5.41. The van der Waals surface area contributed by atoms with E-state index in [0.717, 1.165) is 20.9 Å². The van der Waals surface area contributed by atoms with Crippen molar-refractivity contribution in [3.05, 3.63) is 89.0 Å². The van der Waals surface area contributed by atoms with Crippen LogP contribution in [0, 0.1) is 10.1 Å². The van der Waals surface area contributed by atoms with Crippen molar-refractivity contribution < 1.29 is 4.92 Å². The molecule has 0 spiro atoms. The van der Waals surface area contributed by atoms with E-state index >= 15 is 0 Å². The summed E-state index contributed by atoms with van der Waals surface area (Å²) in [6, 6.07) is 24.8. The Hall–Kier alpha value is -2.59. The van der Waals surface area contributed by atoms with E-state index in [-0.39, 0.29) is 10.6 Å². The lowest BCUT2D eigenvalue weighted by Gasteiger charge is -2.09. The summed E-state index contributed by atoms with van der Waals surface area (Å²) >= 11 is 1.65. The van der Waals surface area contributed by atoms with Crippen molar-refractivity contribution in [3.8, 4) is 11.1 Å². The molecule has 3 aromatic carbocycles. The van der Waals surface area contributed by atoms with Gasteiger partial charge in [0.05, 0.1) is 4.92 Å². The van der Waals surface area contributed by atoms with E-state index in [9.17, 15) is 10.1 Å². The molecule has 0 unspecified atom stereocenters. The summed E-state index contributed by atoms with van der Waals surface area (Å²) in [5.74, 6) is 0. The highest BCUT2D eigenvalue weighted by molar-refractivity contribution is 7.99. The second-order valence-electron chi connectivity index (χ2n) is 4.72. The highest BCUT2D eigenvalue weighted by atomic mass is 32.2. The third-order valence-electron chi connectivity index (χ3n) is 3.23. The first-order chi connectivity index (χ1) is 10.7. The van der Waals surface area contributed by atoms with Gasteiger partial charge in [0, 0.05) is 21.9 Å². The number of benzene rings is 3. The Kier molecular flexibility index (Phi) is 4.21. The molecule has 0 saturated carbocycles. The van der Waals surface area contributed by atoms with Crippen LogP contribution < -0.4 is 0 Å². The number of rotatable bonds is 4. The zero-order valence-electron chi connectivity index (χ0n) is 11.7. The molecule has 0 atom stereocenters. The average molecular weight is 307 g/mol. The molecule has 3 nitrogen and oxygen atoms in total. The molecular formula is C18H13NO2S. The second-order valence-corrected chi connectivity index (χ2v) is 5.83. The van der Waals surface area contributed by atoms with E-state index in [1.165, 1.54) is 6.07 Å². The van der Waals surface area contributed by atoms with Crippen LogP contribution in [-0.4, -0.2) is 4.92 Å². The second kappa shape index (κ2) is 6.45. The molecule has 108 valence electrons. The van der Waals surface area contributed by atoms with Gasteiger partial charge in [-0.05, 0) is 29.3 Å². The molecule has 3 rings (SSSR count). The summed E-state index contributed by atoms with van der Waals surface area (Å²) in [5.41, 5.74) is 1.96. The highest BCUT2D eigenvalue weighted by Crippen LogP contribution is 2.36. The largest absolute Gasteiger partial charge is 0.270 e. The van der Waals surface area contributed by atoms with Gasteiger partial charge < -0.3 is 0 Å². The van der Waals surface area contributed by atoms with Crippen LogP contribution in [0.1, 0.15) is 0 Å². The molecule has 3 aromatic rings. The maximum absolute atomic E-state index is 11.0. The number of hydrogen-bond donors (Lipinski definition) is 0. The molecule has 4 heteroatoms. The SMILES string of the molecule is O=[N+]([O-])c1cccc(-c2ccccc2Sc2ccccc2)c1. The van der Waals surface area contributed by atoms with Gasteiger partial charge in [0.2, 0.25) is 0 Å². The van der Waals surface area contributed by atoms with Gasteiger partial charge in [-0.1, -0.05) is 60.3 Å². The summed E-state index contributed by atoms with van der Waals surface area (Å²) in [6.07, 6.45) is 0. The summed E-state index contributed by atoms with van der Waals surface area (Å²) in [6.45, 7) is 0. The summed E-state index contributed by atoms with van der Waals surface area (Å²) in [5, 5.41) is 11.0. The molecule has 0 radical (unpaired) electrons. The number of nitro benzene ring substituents is 1. The van der Waals surface area contributed by atoms with E-state index in [2.05, 4.69) is 12.1 Å². The van der Waals surface area contributed by atoms with Crippen molar-refractivity contribution in [1.82, 2.24) is 0 Å². The minimum Gasteiger partial charge on any atom is -0.258 e. The van der Waals surface area contributed by atoms with Crippen LogP contribution in [0.5, 0.6) is 0 Å². The first-order valence-corrected chi connectivity index (χ1v) is 7.62. The molecule has 0 aromatic heterocycles. The number of nitrogens with zero attached hydrogens (tertiary/aromatic N) is 1. The molecule has 0 bridgehead atoms. The topological polar surface area (TPSA) is 43.1 Å². The molecule has 0 amide bonds. The minimum absolute atomic E-state index is 0.108. The zero-order chi connectivity index (χ0) is 15.4. The van der Waals surface area contributed by atoms with Crippen molar-refractivity contribution in [3.63, 3.8) is 0 Å². The fourth-order valence-electron chi connectivity index (χ4n) is 2.20. The highest BCUT2D eigenvalue weighted by Gasteiger charge is 2.10. The van der Waals surface area contributed by atoms with Gasteiger partial charge >= 0.3 is 0 Å². The van der Waals surface area contributed by atoms with Crippen LogP contribution in [0.15, 0.2) is 88.7 Å². The fraction of sp³-hybridized carbons (Fsp3) is 0. The van der Waals surface area contributed by atoms with Crippen molar-refractivity contribution in [2.45, 2.75) is 9.79 Å². The molecule has 0 saturated heterocycles. The minimum atomic E-state index is -0.365. The van der Waals surface area contributed by atoms with Crippen LogP contribution in [0.25, 0.3) is 11.1 Å². The first-order valence-electron chi connectivity index (χ1n) is 6.81. The standard InChI is InChI=1S/C18H13NO2S/c20-19(21)15-8-6-7-14(13-15)17-11-4-5-12-18(17)22-16-9-2-1-3-10-16/h1-13H. The van der Waals surface area contributed by atoms with E-state index < -0.39 is 0 Å². The molecule has 0 aliphatic carbocycles. The lowest BCUT2D eigenvalue weighted by Crippen LogP contribution is -1.89. The summed E-state index contributed by atoms with van der Waals surface area (Å²) in [7, 11) is 0. The van der Waals surface area contributed by atoms with E-state index in [1.54, 1.807) is 23.9 Å². The van der Waals surface area contributed by atoms with Gasteiger partial charge in [-0.2, -0.15) is 0 Å². The molecule has 0 fully saturated rings. The Bertz CT molecular complexity index is 803. The summed E-state index contributed by atoms with van der Waals surface area (Å²) in [4.78, 5) is 12.8. The Morgan fingerprint density at radius 1 is 0.818 bits per heavy atom. The smallest absolute Gasteiger partial charge is 0.258 e. The monoisotopic (exact) mass is 307 g/mol. The predicted molar refractivity (Wildman–Crippen MR) is 89.1 cm³/mol. The summed E-state index contributed by atoms with van der Waals surface area (Å²) < 4.78 is 0. The van der Waals surface area contributed by atoms with E-state index in [0.29, 0.717) is 0 Å². The normalized spacial score (nSPS) is 10.4. The van der Waals surface area contributed by atoms with Crippen molar-refractivity contribution in [2.75, 3.05) is 0 Å². The van der Waals surface area contributed by atoms with Crippen LogP contribution >= 0.6 is 11.8 Å². The van der Waals surface area contributed by atoms with E-state index in [4.69, 9.17) is 0 Å². The van der Waals surface area contributed by atoms with E-state index in [1.807, 2.05) is 48.5 Å². The van der Waals surface area contributed by atoms with Crippen LogP contribution in [0.2, 0.25) is 0 Å². The quantitative estimate of drug-likeness (QED) is 0.478. The number of non-ortho nitro benzene ring substituents is 1. The Morgan fingerprint density at radius 3 is 2.32 bits per heavy atom. The average Bonchev–Trinajstić information content (AvgIpc) is 2.56. The lowest BCUT2D eigenvalue weighted by atomic mass is 10.1. The van der Waals surface area contributed by atoms with Crippen molar-refractivity contribution in [1.29, 1.82) is 0 Å². The van der Waals surface area contributed by atoms with Crippen LogP contribution in [-0.2, 0) is 0 Å². The molecule has 0 heterocycles. The van der Waals surface area contributed by atoms with Crippen molar-refractivity contribution >= 4 is 17.4 Å². The van der Waals surface area contributed by atoms with Gasteiger partial charge in [0.1, 0.15) is 0 Å². The number of nitro groups is 1. The third kappa shape index (κ3) is 3.18. The lowest BCUT2D eigenvalue weighted by molar-refractivity contribution is -0.384. The molecular weight excluding hydrogens is 294 g/mol. The molecule has 0 aliphatic heterocycles. The first kappa shape index (κ1) is 14.4. The Morgan fingerprint density at radius 2 is 1.55 bits per heavy atom. The third-order valence-corrected chi connectivity index (χ3v) is 4.31. The van der Waals surface area contributed by atoms with Crippen LogP contribution in [0.4, 0.5) is 5.69 Å². The van der Waals surface area contributed by atoms with Crippen molar-refractivity contribution in [2.24, 2.45) is 0 Å². The van der Waals surface area contributed by atoms with Gasteiger partial charge in [-0.15, -0.1) is 0 Å². The van der Waals surface area contributed by atoms with Crippen LogP contribution in [0.3, 0.4) is 0 Å². The molecule has 0 aliphatic rings. The maximum Gasteiger partial charge on any atom is 0.270 e. The van der Waals surface area contributed by atoms with Gasteiger partial charge in [0.25, 0.3) is 5.69 Å².